The van der Waals surface area contributed by atoms with Crippen LogP contribution in [0.25, 0.3) is 0 Å². The van der Waals surface area contributed by atoms with Crippen molar-refractivity contribution < 1.29 is 23.0 Å². The smallest absolute Gasteiger partial charge is 0.200 e. The third-order valence-electron chi connectivity index (χ3n) is 6.22. The maximum absolute atomic E-state index is 14.5. The Hall–Kier alpha value is -1.46. The van der Waals surface area contributed by atoms with Crippen molar-refractivity contribution in [3.05, 3.63) is 42.0 Å². The van der Waals surface area contributed by atoms with E-state index in [-0.39, 0.29) is 17.8 Å². The van der Waals surface area contributed by atoms with Crippen molar-refractivity contribution >= 4 is 0 Å². The topological polar surface area (TPSA) is 27.7 Å². The van der Waals surface area contributed by atoms with Gasteiger partial charge in [0.25, 0.3) is 0 Å². The Balaban J connectivity index is 1.41. The van der Waals surface area contributed by atoms with Crippen LogP contribution in [0.5, 0.6) is 5.75 Å². The Morgan fingerprint density at radius 2 is 1.90 bits per heavy atom. The number of rotatable bonds is 9. The lowest BCUT2D eigenvalue weighted by Crippen LogP contribution is -2.31. The standard InChI is InChI=1S/C24H34F2O3/c1-3-5-6-19-10-7-17(15-28-19)16-29-20-11-8-18(9-12-20)21-13-14-22(27-4-2)24(26)23(21)25/h3,13-14,17-20H,1,4-12,15-16H2,2H3. The van der Waals surface area contributed by atoms with E-state index in [4.69, 9.17) is 14.2 Å². The molecule has 0 N–H and O–H groups in total. The minimum Gasteiger partial charge on any atom is -0.491 e. The first-order chi connectivity index (χ1) is 14.1. The van der Waals surface area contributed by atoms with Crippen LogP contribution in [0.2, 0.25) is 0 Å². The quantitative estimate of drug-likeness (QED) is 0.458. The Morgan fingerprint density at radius 1 is 1.10 bits per heavy atom. The highest BCUT2D eigenvalue weighted by Crippen LogP contribution is 2.37. The van der Waals surface area contributed by atoms with Gasteiger partial charge in [-0.2, -0.15) is 4.39 Å². The second-order valence-electron chi connectivity index (χ2n) is 8.29. The number of ether oxygens (including phenoxy) is 3. The molecule has 1 aromatic carbocycles. The van der Waals surface area contributed by atoms with E-state index in [9.17, 15) is 8.78 Å². The van der Waals surface area contributed by atoms with Crippen LogP contribution in [0.1, 0.15) is 69.8 Å². The van der Waals surface area contributed by atoms with Gasteiger partial charge in [-0.15, -0.1) is 6.58 Å². The van der Waals surface area contributed by atoms with Gasteiger partial charge in [-0.25, -0.2) is 4.39 Å². The highest BCUT2D eigenvalue weighted by molar-refractivity contribution is 5.33. The number of allylic oxidation sites excluding steroid dienone is 1. The fourth-order valence-corrected chi connectivity index (χ4v) is 4.46. The van der Waals surface area contributed by atoms with Gasteiger partial charge in [0.15, 0.2) is 11.6 Å². The fraction of sp³-hybridized carbons (Fsp3) is 0.667. The van der Waals surface area contributed by atoms with Crippen LogP contribution in [0.15, 0.2) is 24.8 Å². The highest BCUT2D eigenvalue weighted by atomic mass is 19.2. The summed E-state index contributed by atoms with van der Waals surface area (Å²) in [6, 6.07) is 3.22. The maximum atomic E-state index is 14.5. The summed E-state index contributed by atoms with van der Waals surface area (Å²) in [5.41, 5.74) is 0.468. The SMILES string of the molecule is C=CCCC1CCC(COC2CCC(c3ccc(OCC)c(F)c3F)CC2)CO1. The lowest BCUT2D eigenvalue weighted by molar-refractivity contribution is -0.0643. The summed E-state index contributed by atoms with van der Waals surface area (Å²) in [6.45, 7) is 7.35. The van der Waals surface area contributed by atoms with Gasteiger partial charge in [0.2, 0.25) is 5.82 Å². The fourth-order valence-electron chi connectivity index (χ4n) is 4.46. The normalized spacial score (nSPS) is 27.6. The van der Waals surface area contributed by atoms with Gasteiger partial charge >= 0.3 is 0 Å². The summed E-state index contributed by atoms with van der Waals surface area (Å²) < 4.78 is 45.9. The monoisotopic (exact) mass is 408 g/mol. The molecule has 2 atom stereocenters. The highest BCUT2D eigenvalue weighted by Gasteiger charge is 2.28. The first-order valence-corrected chi connectivity index (χ1v) is 11.1. The second kappa shape index (κ2) is 11.1. The minimum atomic E-state index is -0.869. The van der Waals surface area contributed by atoms with Crippen molar-refractivity contribution in [1.82, 2.24) is 0 Å². The van der Waals surface area contributed by atoms with E-state index >= 15 is 0 Å². The molecule has 1 aliphatic carbocycles. The molecule has 2 fully saturated rings. The molecule has 3 rings (SSSR count). The molecule has 0 bridgehead atoms. The van der Waals surface area contributed by atoms with Gasteiger partial charge in [-0.1, -0.05) is 12.1 Å². The summed E-state index contributed by atoms with van der Waals surface area (Å²) in [5.74, 6) is -1.13. The third-order valence-corrected chi connectivity index (χ3v) is 6.22. The van der Waals surface area contributed by atoms with Crippen LogP contribution >= 0.6 is 0 Å². The molecule has 3 nitrogen and oxygen atoms in total. The van der Waals surface area contributed by atoms with Crippen LogP contribution < -0.4 is 4.74 Å². The van der Waals surface area contributed by atoms with E-state index in [1.165, 1.54) is 0 Å². The van der Waals surface area contributed by atoms with Gasteiger partial charge in [0, 0.05) is 5.92 Å². The van der Waals surface area contributed by atoms with Crippen molar-refractivity contribution in [2.24, 2.45) is 5.92 Å². The van der Waals surface area contributed by atoms with E-state index in [0.29, 0.717) is 24.2 Å². The molecule has 1 aliphatic heterocycles. The molecule has 0 spiro atoms. The summed E-state index contributed by atoms with van der Waals surface area (Å²) in [7, 11) is 0. The molecule has 5 heteroatoms. The van der Waals surface area contributed by atoms with Crippen LogP contribution in [0, 0.1) is 17.6 Å². The second-order valence-corrected chi connectivity index (χ2v) is 8.29. The molecular weight excluding hydrogens is 374 g/mol. The minimum absolute atomic E-state index is 0.00722. The Kier molecular flexibility index (Phi) is 8.49. The van der Waals surface area contributed by atoms with E-state index in [0.717, 1.165) is 64.6 Å². The van der Waals surface area contributed by atoms with E-state index in [1.807, 2.05) is 6.08 Å². The molecule has 162 valence electrons. The van der Waals surface area contributed by atoms with Crippen molar-refractivity contribution in [3.8, 4) is 5.75 Å². The van der Waals surface area contributed by atoms with Crippen molar-refractivity contribution in [2.75, 3.05) is 19.8 Å². The van der Waals surface area contributed by atoms with Crippen molar-refractivity contribution in [2.45, 2.75) is 76.4 Å². The largest absolute Gasteiger partial charge is 0.491 e. The Bertz CT molecular complexity index is 648. The molecule has 29 heavy (non-hydrogen) atoms. The van der Waals surface area contributed by atoms with Crippen LogP contribution in [-0.2, 0) is 9.47 Å². The summed E-state index contributed by atoms with van der Waals surface area (Å²) in [4.78, 5) is 0. The number of benzene rings is 1. The van der Waals surface area contributed by atoms with E-state index in [2.05, 4.69) is 6.58 Å². The molecule has 1 saturated heterocycles. The molecule has 0 amide bonds. The van der Waals surface area contributed by atoms with Gasteiger partial charge in [0.05, 0.1) is 32.0 Å². The first-order valence-electron chi connectivity index (χ1n) is 11.1. The first kappa shape index (κ1) is 22.2. The van der Waals surface area contributed by atoms with Gasteiger partial charge < -0.3 is 14.2 Å². The Morgan fingerprint density at radius 3 is 2.55 bits per heavy atom. The lowest BCUT2D eigenvalue weighted by atomic mass is 9.82. The van der Waals surface area contributed by atoms with E-state index < -0.39 is 11.6 Å². The summed E-state index contributed by atoms with van der Waals surface area (Å²) >= 11 is 0. The molecule has 2 unspecified atom stereocenters. The molecule has 2 aliphatic rings. The molecule has 1 heterocycles. The Labute approximate surface area is 173 Å². The lowest BCUT2D eigenvalue weighted by Gasteiger charge is -2.32. The van der Waals surface area contributed by atoms with Crippen LogP contribution in [0.4, 0.5) is 8.78 Å². The average molecular weight is 409 g/mol. The van der Waals surface area contributed by atoms with Crippen LogP contribution in [0.3, 0.4) is 0 Å². The molecular formula is C24H34F2O3. The van der Waals surface area contributed by atoms with Gasteiger partial charge in [-0.05, 0) is 75.8 Å². The predicted octanol–water partition coefficient (Wildman–Crippen LogP) is 6.17. The molecule has 1 aromatic rings. The summed E-state index contributed by atoms with van der Waals surface area (Å²) in [6.07, 6.45) is 10.2. The maximum Gasteiger partial charge on any atom is 0.200 e. The van der Waals surface area contributed by atoms with E-state index in [1.54, 1.807) is 19.1 Å². The summed E-state index contributed by atoms with van der Waals surface area (Å²) in [5, 5.41) is 0. The van der Waals surface area contributed by atoms with Gasteiger partial charge in [0.1, 0.15) is 0 Å². The molecule has 0 radical (unpaired) electrons. The number of hydrogen-bond acceptors (Lipinski definition) is 3. The number of hydrogen-bond donors (Lipinski definition) is 0. The average Bonchev–Trinajstić information content (AvgIpc) is 2.75. The van der Waals surface area contributed by atoms with Crippen molar-refractivity contribution in [1.29, 1.82) is 0 Å². The van der Waals surface area contributed by atoms with Crippen molar-refractivity contribution in [3.63, 3.8) is 0 Å². The molecule has 1 saturated carbocycles. The predicted molar refractivity (Wildman–Crippen MR) is 110 cm³/mol. The zero-order chi connectivity index (χ0) is 20.6. The zero-order valence-corrected chi connectivity index (χ0v) is 17.5. The third kappa shape index (κ3) is 6.02. The number of halogens is 2. The zero-order valence-electron chi connectivity index (χ0n) is 17.5. The van der Waals surface area contributed by atoms with Gasteiger partial charge in [-0.3, -0.25) is 0 Å². The van der Waals surface area contributed by atoms with Crippen LogP contribution in [-0.4, -0.2) is 32.0 Å². The molecule has 0 aromatic heterocycles.